The molecule has 2 N–H and O–H groups in total. The lowest BCUT2D eigenvalue weighted by Gasteiger charge is -2.14. The van der Waals surface area contributed by atoms with Gasteiger partial charge in [-0.3, -0.25) is 9.78 Å². The number of nitrogens with one attached hydrogen (secondary N) is 1. The van der Waals surface area contributed by atoms with Gasteiger partial charge in [0.2, 0.25) is 0 Å². The minimum absolute atomic E-state index is 0.0474. The number of halogens is 1. The first kappa shape index (κ1) is 13.5. The van der Waals surface area contributed by atoms with Gasteiger partial charge in [0.05, 0.1) is 11.6 Å². The highest BCUT2D eigenvalue weighted by Gasteiger charge is 2.14. The molecule has 4 nitrogen and oxygen atoms in total. The number of pyridine rings is 1. The summed E-state index contributed by atoms with van der Waals surface area (Å²) < 4.78 is 0.726. The van der Waals surface area contributed by atoms with E-state index < -0.39 is 0 Å². The summed E-state index contributed by atoms with van der Waals surface area (Å²) in [6, 6.07) is 8.31. The van der Waals surface area contributed by atoms with Crippen molar-refractivity contribution in [1.29, 1.82) is 0 Å². The topological polar surface area (TPSA) is 62.2 Å². The van der Waals surface area contributed by atoms with E-state index in [-0.39, 0.29) is 23.3 Å². The highest BCUT2D eigenvalue weighted by Crippen LogP contribution is 2.23. The zero-order valence-corrected chi connectivity index (χ0v) is 11.9. The van der Waals surface area contributed by atoms with Gasteiger partial charge in [0.1, 0.15) is 5.75 Å². The number of amides is 1. The summed E-state index contributed by atoms with van der Waals surface area (Å²) in [5.74, 6) is -0.358. The molecule has 0 saturated carbocycles. The van der Waals surface area contributed by atoms with Crippen LogP contribution in [0.1, 0.15) is 28.9 Å². The van der Waals surface area contributed by atoms with Gasteiger partial charge >= 0.3 is 0 Å². The lowest BCUT2D eigenvalue weighted by atomic mass is 10.1. The van der Waals surface area contributed by atoms with Crippen LogP contribution in [0.2, 0.25) is 0 Å². The third-order valence-electron chi connectivity index (χ3n) is 2.76. The van der Waals surface area contributed by atoms with E-state index in [0.717, 1.165) is 10.0 Å². The second-order valence-electron chi connectivity index (χ2n) is 4.14. The molecular formula is C14H13BrN2O2. The van der Waals surface area contributed by atoms with E-state index in [9.17, 15) is 9.90 Å². The number of benzene rings is 1. The molecule has 0 fully saturated rings. The minimum atomic E-state index is -0.311. The fourth-order valence-corrected chi connectivity index (χ4v) is 2.06. The lowest BCUT2D eigenvalue weighted by Crippen LogP contribution is -2.26. The molecule has 0 bridgehead atoms. The van der Waals surface area contributed by atoms with Crippen LogP contribution in [0.25, 0.3) is 0 Å². The highest BCUT2D eigenvalue weighted by atomic mass is 79.9. The largest absolute Gasteiger partial charge is 0.507 e. The maximum atomic E-state index is 12.1. The Morgan fingerprint density at radius 2 is 2.00 bits per heavy atom. The van der Waals surface area contributed by atoms with E-state index in [4.69, 9.17) is 0 Å². The predicted molar refractivity (Wildman–Crippen MR) is 75.9 cm³/mol. The maximum Gasteiger partial charge on any atom is 0.255 e. The molecule has 0 aliphatic rings. The summed E-state index contributed by atoms with van der Waals surface area (Å²) in [5, 5.41) is 12.6. The minimum Gasteiger partial charge on any atom is -0.507 e. The molecule has 0 spiro atoms. The van der Waals surface area contributed by atoms with Gasteiger partial charge in [-0.05, 0) is 42.8 Å². The average molecular weight is 321 g/mol. The number of phenols is 1. The number of aromatic nitrogens is 1. The molecule has 0 saturated heterocycles. The van der Waals surface area contributed by atoms with Crippen LogP contribution in [0.5, 0.6) is 5.75 Å². The SMILES string of the molecule is CC(NC(=O)c1ccc(Br)cc1O)c1ccncc1. The van der Waals surface area contributed by atoms with Crippen molar-refractivity contribution in [1.82, 2.24) is 10.3 Å². The van der Waals surface area contributed by atoms with Crippen LogP contribution >= 0.6 is 15.9 Å². The number of rotatable bonds is 3. The Morgan fingerprint density at radius 3 is 2.63 bits per heavy atom. The van der Waals surface area contributed by atoms with Crippen molar-refractivity contribution in [2.24, 2.45) is 0 Å². The number of carbonyl (C=O) groups is 1. The van der Waals surface area contributed by atoms with Gasteiger partial charge in [-0.15, -0.1) is 0 Å². The number of hydrogen-bond acceptors (Lipinski definition) is 3. The van der Waals surface area contributed by atoms with Crippen LogP contribution in [0, 0.1) is 0 Å². The Kier molecular flexibility index (Phi) is 4.16. The second-order valence-corrected chi connectivity index (χ2v) is 5.05. The molecule has 5 heteroatoms. The molecule has 19 heavy (non-hydrogen) atoms. The standard InChI is InChI=1S/C14H13BrN2O2/c1-9(10-4-6-16-7-5-10)17-14(19)12-3-2-11(15)8-13(12)18/h2-9,18H,1H3,(H,17,19). The third-order valence-corrected chi connectivity index (χ3v) is 3.25. The fraction of sp³-hybridized carbons (Fsp3) is 0.143. The van der Waals surface area contributed by atoms with E-state index in [1.54, 1.807) is 24.5 Å². The number of nitrogens with zero attached hydrogens (tertiary/aromatic N) is 1. The number of carbonyl (C=O) groups excluding carboxylic acids is 1. The fourth-order valence-electron chi connectivity index (χ4n) is 1.71. The molecule has 0 radical (unpaired) electrons. The van der Waals surface area contributed by atoms with Crippen LogP contribution < -0.4 is 5.32 Å². The van der Waals surface area contributed by atoms with Gasteiger partial charge in [0.25, 0.3) is 5.91 Å². The van der Waals surface area contributed by atoms with Crippen molar-refractivity contribution in [3.63, 3.8) is 0 Å². The predicted octanol–water partition coefficient (Wildman–Crippen LogP) is 3.04. The van der Waals surface area contributed by atoms with E-state index in [1.807, 2.05) is 19.1 Å². The van der Waals surface area contributed by atoms with Gasteiger partial charge < -0.3 is 10.4 Å². The molecule has 0 aliphatic heterocycles. The lowest BCUT2D eigenvalue weighted by molar-refractivity contribution is 0.0937. The van der Waals surface area contributed by atoms with Gasteiger partial charge in [-0.25, -0.2) is 0 Å². The van der Waals surface area contributed by atoms with E-state index in [2.05, 4.69) is 26.2 Å². The average Bonchev–Trinajstić information content (AvgIpc) is 2.39. The summed E-state index contributed by atoms with van der Waals surface area (Å²) in [7, 11) is 0. The molecule has 1 unspecified atom stereocenters. The van der Waals surface area contributed by atoms with E-state index in [1.165, 1.54) is 6.07 Å². The molecule has 2 aromatic rings. The van der Waals surface area contributed by atoms with Gasteiger partial charge in [-0.2, -0.15) is 0 Å². The first-order valence-electron chi connectivity index (χ1n) is 5.77. The quantitative estimate of drug-likeness (QED) is 0.913. The maximum absolute atomic E-state index is 12.1. The van der Waals surface area contributed by atoms with Crippen molar-refractivity contribution >= 4 is 21.8 Å². The first-order chi connectivity index (χ1) is 9.08. The molecular weight excluding hydrogens is 308 g/mol. The van der Waals surface area contributed by atoms with Crippen molar-refractivity contribution in [2.75, 3.05) is 0 Å². The van der Waals surface area contributed by atoms with E-state index >= 15 is 0 Å². The number of hydrogen-bond donors (Lipinski definition) is 2. The number of phenolic OH excluding ortho intramolecular Hbond substituents is 1. The van der Waals surface area contributed by atoms with Crippen LogP contribution in [0.4, 0.5) is 0 Å². The smallest absolute Gasteiger partial charge is 0.255 e. The van der Waals surface area contributed by atoms with Crippen LogP contribution in [-0.4, -0.2) is 16.0 Å². The Labute approximate surface area is 119 Å². The summed E-state index contributed by atoms with van der Waals surface area (Å²) in [5.41, 5.74) is 1.21. The monoisotopic (exact) mass is 320 g/mol. The molecule has 2 rings (SSSR count). The van der Waals surface area contributed by atoms with Crippen LogP contribution in [0.15, 0.2) is 47.2 Å². The van der Waals surface area contributed by atoms with Crippen molar-refractivity contribution in [3.8, 4) is 5.75 Å². The normalized spacial score (nSPS) is 11.9. The summed E-state index contributed by atoms with van der Waals surface area (Å²) in [4.78, 5) is 16.0. The van der Waals surface area contributed by atoms with Gasteiger partial charge in [0, 0.05) is 16.9 Å². The van der Waals surface area contributed by atoms with E-state index in [0.29, 0.717) is 0 Å². The second kappa shape index (κ2) is 5.84. The Bertz CT molecular complexity index is 587. The highest BCUT2D eigenvalue weighted by molar-refractivity contribution is 9.10. The Balaban J connectivity index is 2.13. The molecule has 1 aromatic carbocycles. The first-order valence-corrected chi connectivity index (χ1v) is 6.56. The zero-order valence-electron chi connectivity index (χ0n) is 10.3. The molecule has 0 aliphatic carbocycles. The summed E-state index contributed by atoms with van der Waals surface area (Å²) in [6.07, 6.45) is 3.35. The van der Waals surface area contributed by atoms with Crippen molar-refractivity contribution in [3.05, 3.63) is 58.3 Å². The van der Waals surface area contributed by atoms with Gasteiger partial charge in [-0.1, -0.05) is 15.9 Å². The molecule has 1 heterocycles. The summed E-state index contributed by atoms with van der Waals surface area (Å²) in [6.45, 7) is 1.88. The zero-order chi connectivity index (χ0) is 13.8. The van der Waals surface area contributed by atoms with Crippen LogP contribution in [0.3, 0.4) is 0 Å². The molecule has 1 atom stereocenters. The molecule has 1 amide bonds. The summed E-state index contributed by atoms with van der Waals surface area (Å²) >= 11 is 3.23. The Morgan fingerprint density at radius 1 is 1.32 bits per heavy atom. The van der Waals surface area contributed by atoms with Gasteiger partial charge in [0.15, 0.2) is 0 Å². The Hall–Kier alpha value is -1.88. The molecule has 98 valence electrons. The third kappa shape index (κ3) is 3.32. The van der Waals surface area contributed by atoms with Crippen molar-refractivity contribution < 1.29 is 9.90 Å². The van der Waals surface area contributed by atoms with Crippen LogP contribution in [-0.2, 0) is 0 Å². The number of aromatic hydroxyl groups is 1. The molecule has 1 aromatic heterocycles. The van der Waals surface area contributed by atoms with Crippen molar-refractivity contribution in [2.45, 2.75) is 13.0 Å².